The Kier molecular flexibility index (Phi) is 4.50. The van der Waals surface area contributed by atoms with Gasteiger partial charge in [0.15, 0.2) is 0 Å². The molecule has 2 aliphatic heterocycles. The molecule has 2 aliphatic rings. The summed E-state index contributed by atoms with van der Waals surface area (Å²) in [5, 5.41) is 7.90. The second-order valence-electron chi connectivity index (χ2n) is 8.65. The van der Waals surface area contributed by atoms with E-state index in [1.807, 2.05) is 24.2 Å². The van der Waals surface area contributed by atoms with Gasteiger partial charge in [0.2, 0.25) is 0 Å². The molecule has 0 saturated carbocycles. The Balaban J connectivity index is 1.52. The monoisotopic (exact) mass is 368 g/mol. The third kappa shape index (κ3) is 3.48. The first-order valence-corrected chi connectivity index (χ1v) is 9.72. The molecule has 2 aromatic heterocycles. The highest BCUT2D eigenvalue weighted by Gasteiger charge is 2.28. The summed E-state index contributed by atoms with van der Waals surface area (Å²) >= 11 is 0. The highest BCUT2D eigenvalue weighted by molar-refractivity contribution is 5.92. The van der Waals surface area contributed by atoms with Crippen LogP contribution in [0.3, 0.4) is 0 Å². The van der Waals surface area contributed by atoms with Gasteiger partial charge in [-0.25, -0.2) is 9.97 Å². The maximum absolute atomic E-state index is 13.1. The molecule has 7 heteroatoms. The van der Waals surface area contributed by atoms with E-state index in [1.54, 1.807) is 4.68 Å². The molecule has 1 fully saturated rings. The lowest BCUT2D eigenvalue weighted by Gasteiger charge is -2.28. The van der Waals surface area contributed by atoms with E-state index in [0.29, 0.717) is 24.7 Å². The summed E-state index contributed by atoms with van der Waals surface area (Å²) in [4.78, 5) is 24.3. The largest absolute Gasteiger partial charge is 0.332 e. The van der Waals surface area contributed by atoms with E-state index < -0.39 is 0 Å². The van der Waals surface area contributed by atoms with E-state index in [2.05, 4.69) is 36.2 Å². The van der Waals surface area contributed by atoms with E-state index in [-0.39, 0.29) is 11.3 Å². The number of nitrogens with zero attached hydrogens (tertiary/aromatic N) is 5. The van der Waals surface area contributed by atoms with Crippen LogP contribution in [0.1, 0.15) is 66.4 Å². The van der Waals surface area contributed by atoms with E-state index in [9.17, 15) is 4.79 Å². The van der Waals surface area contributed by atoms with Gasteiger partial charge in [0, 0.05) is 56.2 Å². The fourth-order valence-electron chi connectivity index (χ4n) is 3.77. The molecule has 0 spiro atoms. The Hall–Kier alpha value is -2.28. The number of carbonyl (C=O) groups excluding carboxylic acids is 1. The van der Waals surface area contributed by atoms with Crippen LogP contribution in [0.15, 0.2) is 12.3 Å². The van der Waals surface area contributed by atoms with Crippen molar-refractivity contribution in [3.63, 3.8) is 0 Å². The molecule has 2 aromatic rings. The van der Waals surface area contributed by atoms with Gasteiger partial charge in [-0.2, -0.15) is 5.10 Å². The summed E-state index contributed by atoms with van der Waals surface area (Å²) in [6.07, 6.45) is 3.79. The first-order chi connectivity index (χ1) is 12.8. The fraction of sp³-hybridized carbons (Fsp3) is 0.600. The van der Waals surface area contributed by atoms with Gasteiger partial charge >= 0.3 is 0 Å². The van der Waals surface area contributed by atoms with Gasteiger partial charge in [-0.05, 0) is 19.0 Å². The quantitative estimate of drug-likeness (QED) is 0.874. The second-order valence-corrected chi connectivity index (χ2v) is 8.65. The van der Waals surface area contributed by atoms with Crippen molar-refractivity contribution < 1.29 is 4.79 Å². The Labute approximate surface area is 160 Å². The van der Waals surface area contributed by atoms with E-state index >= 15 is 0 Å². The van der Waals surface area contributed by atoms with Gasteiger partial charge in [0.25, 0.3) is 5.91 Å². The summed E-state index contributed by atoms with van der Waals surface area (Å²) in [6, 6.07) is 1.92. The van der Waals surface area contributed by atoms with Crippen molar-refractivity contribution in [2.75, 3.05) is 19.6 Å². The summed E-state index contributed by atoms with van der Waals surface area (Å²) in [5.74, 6) is 1.38. The van der Waals surface area contributed by atoms with Crippen molar-refractivity contribution in [3.8, 4) is 0 Å². The van der Waals surface area contributed by atoms with Crippen molar-refractivity contribution in [2.24, 2.45) is 7.05 Å². The summed E-state index contributed by atoms with van der Waals surface area (Å²) in [7, 11) is 1.84. The molecule has 0 bridgehead atoms. The number of aromatic nitrogens is 4. The molecule has 27 heavy (non-hydrogen) atoms. The van der Waals surface area contributed by atoms with Gasteiger partial charge in [-0.1, -0.05) is 20.8 Å². The zero-order chi connectivity index (χ0) is 19.2. The lowest BCUT2D eigenvalue weighted by Crippen LogP contribution is -2.37. The van der Waals surface area contributed by atoms with Crippen molar-refractivity contribution >= 4 is 5.91 Å². The van der Waals surface area contributed by atoms with Gasteiger partial charge < -0.3 is 10.2 Å². The third-order valence-corrected chi connectivity index (χ3v) is 5.53. The molecular formula is C20H28N6O. The number of nitrogens with one attached hydrogen (secondary N) is 1. The minimum absolute atomic E-state index is 0.0234. The van der Waals surface area contributed by atoms with Crippen LogP contribution in [0.2, 0.25) is 0 Å². The maximum atomic E-state index is 13.1. The minimum Gasteiger partial charge on any atom is -0.332 e. The van der Waals surface area contributed by atoms with Crippen LogP contribution >= 0.6 is 0 Å². The molecule has 4 rings (SSSR count). The van der Waals surface area contributed by atoms with E-state index in [4.69, 9.17) is 4.98 Å². The van der Waals surface area contributed by atoms with Crippen LogP contribution in [0.4, 0.5) is 0 Å². The molecule has 1 amide bonds. The van der Waals surface area contributed by atoms with Gasteiger partial charge in [0.1, 0.15) is 11.5 Å². The second kappa shape index (κ2) is 6.71. The Morgan fingerprint density at radius 1 is 1.33 bits per heavy atom. The van der Waals surface area contributed by atoms with Gasteiger partial charge in [-0.3, -0.25) is 9.48 Å². The highest BCUT2D eigenvalue weighted by Crippen LogP contribution is 2.25. The molecular weight excluding hydrogens is 340 g/mol. The zero-order valence-corrected chi connectivity index (χ0v) is 16.6. The highest BCUT2D eigenvalue weighted by atomic mass is 16.2. The lowest BCUT2D eigenvalue weighted by molar-refractivity contribution is 0.0722. The molecule has 1 unspecified atom stereocenters. The molecule has 0 aromatic carbocycles. The van der Waals surface area contributed by atoms with Crippen LogP contribution in [-0.2, 0) is 25.4 Å². The van der Waals surface area contributed by atoms with Gasteiger partial charge in [-0.15, -0.1) is 0 Å². The molecule has 1 atom stereocenters. The Morgan fingerprint density at radius 2 is 2.15 bits per heavy atom. The molecule has 7 nitrogen and oxygen atoms in total. The predicted molar refractivity (Wildman–Crippen MR) is 103 cm³/mol. The van der Waals surface area contributed by atoms with Crippen LogP contribution < -0.4 is 5.32 Å². The number of rotatable bonds is 2. The molecule has 1 N–H and O–H groups in total. The zero-order valence-electron chi connectivity index (χ0n) is 16.6. The first-order valence-electron chi connectivity index (χ1n) is 9.72. The van der Waals surface area contributed by atoms with E-state index in [1.165, 1.54) is 0 Å². The summed E-state index contributed by atoms with van der Waals surface area (Å²) < 4.78 is 1.70. The number of hydrogen-bond acceptors (Lipinski definition) is 5. The Morgan fingerprint density at radius 3 is 2.81 bits per heavy atom. The SMILES string of the molecule is Cn1nc(C(C)(C)C)cc1C(=O)N1CCc2nc(C3CCNC3)ncc2C1. The van der Waals surface area contributed by atoms with Gasteiger partial charge in [0.05, 0.1) is 11.4 Å². The molecule has 144 valence electrons. The topological polar surface area (TPSA) is 75.9 Å². The van der Waals surface area contributed by atoms with E-state index in [0.717, 1.165) is 48.7 Å². The average Bonchev–Trinajstić information content (AvgIpc) is 3.29. The number of amides is 1. The van der Waals surface area contributed by atoms with Crippen LogP contribution in [-0.4, -0.2) is 50.2 Å². The smallest absolute Gasteiger partial charge is 0.272 e. The molecule has 1 saturated heterocycles. The Bertz CT molecular complexity index is 860. The van der Waals surface area contributed by atoms with Crippen LogP contribution in [0.5, 0.6) is 0 Å². The average molecular weight is 368 g/mol. The van der Waals surface area contributed by atoms with Crippen molar-refractivity contribution in [2.45, 2.75) is 51.5 Å². The van der Waals surface area contributed by atoms with Crippen molar-refractivity contribution in [1.82, 2.24) is 30.0 Å². The number of carbonyl (C=O) groups is 1. The predicted octanol–water partition coefficient (Wildman–Crippen LogP) is 1.78. The molecule has 0 radical (unpaired) electrons. The maximum Gasteiger partial charge on any atom is 0.272 e. The minimum atomic E-state index is -0.0792. The number of fused-ring (bicyclic) bond motifs is 1. The molecule has 0 aliphatic carbocycles. The fourth-order valence-corrected chi connectivity index (χ4v) is 3.77. The van der Waals surface area contributed by atoms with Crippen LogP contribution in [0, 0.1) is 0 Å². The van der Waals surface area contributed by atoms with Crippen molar-refractivity contribution in [1.29, 1.82) is 0 Å². The van der Waals surface area contributed by atoms with Crippen LogP contribution in [0.25, 0.3) is 0 Å². The summed E-state index contributed by atoms with van der Waals surface area (Å²) in [5.41, 5.74) is 3.64. The van der Waals surface area contributed by atoms with Crippen molar-refractivity contribution in [3.05, 3.63) is 40.7 Å². The lowest BCUT2D eigenvalue weighted by atomic mass is 9.92. The molecule has 4 heterocycles. The third-order valence-electron chi connectivity index (χ3n) is 5.53. The standard InChI is InChI=1S/C20H28N6O/c1-20(2,3)17-9-16(25(4)24-17)19(27)26-8-6-15-14(12-26)11-22-18(23-15)13-5-7-21-10-13/h9,11,13,21H,5-8,10,12H2,1-4H3. The number of aryl methyl sites for hydroxylation is 1. The number of hydrogen-bond donors (Lipinski definition) is 1. The summed E-state index contributed by atoms with van der Waals surface area (Å²) in [6.45, 7) is 9.56. The first kappa shape index (κ1) is 18.1. The normalized spacial score (nSPS) is 20.0.